The molecule has 0 unspecified atom stereocenters. The Labute approximate surface area is 102 Å². The molecule has 0 saturated carbocycles. The lowest BCUT2D eigenvalue weighted by Crippen LogP contribution is -2.12. The van der Waals surface area contributed by atoms with Crippen LogP contribution in [0.15, 0.2) is 6.07 Å². The van der Waals surface area contributed by atoms with Crippen LogP contribution in [-0.2, 0) is 4.74 Å². The second kappa shape index (κ2) is 5.17. The van der Waals surface area contributed by atoms with Crippen molar-refractivity contribution in [1.29, 1.82) is 0 Å². The monoisotopic (exact) mass is 236 g/mol. The summed E-state index contributed by atoms with van der Waals surface area (Å²) in [4.78, 5) is 15.8. The number of pyridine rings is 1. The summed E-state index contributed by atoms with van der Waals surface area (Å²) in [6, 6.07) is 1.72. The average Bonchev–Trinajstić information content (AvgIpc) is 2.27. The van der Waals surface area contributed by atoms with E-state index in [1.54, 1.807) is 6.07 Å². The fourth-order valence-electron chi connectivity index (χ4n) is 1.72. The number of carbonyl (C=O) groups excluding carboxylic acids is 1. The molecule has 94 valence electrons. The standard InChI is InChI=1S/C13H20N2O2/c1-7(2)9-6-10(13(16)17-5)15-12(8(3)4)11(9)14/h6-8H,14H2,1-5H3. The average molecular weight is 236 g/mol. The summed E-state index contributed by atoms with van der Waals surface area (Å²) in [5.41, 5.74) is 8.80. The molecular weight excluding hydrogens is 216 g/mol. The molecule has 0 aliphatic carbocycles. The van der Waals surface area contributed by atoms with E-state index in [1.165, 1.54) is 7.11 Å². The van der Waals surface area contributed by atoms with Crippen LogP contribution in [0.5, 0.6) is 0 Å². The number of anilines is 1. The van der Waals surface area contributed by atoms with Gasteiger partial charge in [0.25, 0.3) is 0 Å². The third-order valence-corrected chi connectivity index (χ3v) is 2.68. The Balaban J connectivity index is 3.42. The van der Waals surface area contributed by atoms with E-state index in [1.807, 2.05) is 27.7 Å². The van der Waals surface area contributed by atoms with Crippen LogP contribution in [0, 0.1) is 0 Å². The van der Waals surface area contributed by atoms with Gasteiger partial charge in [-0.15, -0.1) is 0 Å². The van der Waals surface area contributed by atoms with Crippen LogP contribution in [0.1, 0.15) is 61.3 Å². The number of aromatic nitrogens is 1. The van der Waals surface area contributed by atoms with Gasteiger partial charge in [-0.05, 0) is 23.5 Å². The number of hydrogen-bond donors (Lipinski definition) is 1. The molecule has 0 atom stereocenters. The zero-order chi connectivity index (χ0) is 13.2. The molecule has 2 N–H and O–H groups in total. The quantitative estimate of drug-likeness (QED) is 0.819. The molecule has 4 heteroatoms. The first-order chi connectivity index (χ1) is 7.88. The highest BCUT2D eigenvalue weighted by Crippen LogP contribution is 2.29. The highest BCUT2D eigenvalue weighted by atomic mass is 16.5. The van der Waals surface area contributed by atoms with Gasteiger partial charge in [0, 0.05) is 0 Å². The van der Waals surface area contributed by atoms with E-state index in [2.05, 4.69) is 4.98 Å². The summed E-state index contributed by atoms with van der Waals surface area (Å²) in [5.74, 6) is 0.00446. The maximum Gasteiger partial charge on any atom is 0.356 e. The summed E-state index contributed by atoms with van der Waals surface area (Å²) >= 11 is 0. The van der Waals surface area contributed by atoms with Gasteiger partial charge in [0.15, 0.2) is 0 Å². The lowest BCUT2D eigenvalue weighted by molar-refractivity contribution is 0.0593. The fraction of sp³-hybridized carbons (Fsp3) is 0.538. The highest BCUT2D eigenvalue weighted by molar-refractivity contribution is 5.88. The zero-order valence-corrected chi connectivity index (χ0v) is 11.1. The van der Waals surface area contributed by atoms with Gasteiger partial charge in [0.05, 0.1) is 18.5 Å². The largest absolute Gasteiger partial charge is 0.464 e. The van der Waals surface area contributed by atoms with Crippen molar-refractivity contribution in [3.8, 4) is 0 Å². The predicted molar refractivity (Wildman–Crippen MR) is 68.2 cm³/mol. The second-order valence-electron chi connectivity index (χ2n) is 4.70. The number of nitrogens with two attached hydrogens (primary N) is 1. The van der Waals surface area contributed by atoms with Gasteiger partial charge in [-0.2, -0.15) is 0 Å². The molecule has 0 fully saturated rings. The smallest absolute Gasteiger partial charge is 0.356 e. The van der Waals surface area contributed by atoms with Crippen molar-refractivity contribution in [2.24, 2.45) is 0 Å². The van der Waals surface area contributed by atoms with Crippen molar-refractivity contribution < 1.29 is 9.53 Å². The fourth-order valence-corrected chi connectivity index (χ4v) is 1.72. The predicted octanol–water partition coefficient (Wildman–Crippen LogP) is 2.70. The van der Waals surface area contributed by atoms with Gasteiger partial charge in [0.1, 0.15) is 5.69 Å². The van der Waals surface area contributed by atoms with E-state index in [0.29, 0.717) is 11.4 Å². The molecule has 0 amide bonds. The summed E-state index contributed by atoms with van der Waals surface area (Å²) in [6.45, 7) is 8.08. The third-order valence-electron chi connectivity index (χ3n) is 2.68. The topological polar surface area (TPSA) is 65.2 Å². The van der Waals surface area contributed by atoms with Crippen LogP contribution in [0.2, 0.25) is 0 Å². The Morgan fingerprint density at radius 1 is 1.29 bits per heavy atom. The van der Waals surface area contributed by atoms with Crippen LogP contribution < -0.4 is 5.73 Å². The van der Waals surface area contributed by atoms with Gasteiger partial charge in [0.2, 0.25) is 0 Å². The molecule has 0 bridgehead atoms. The summed E-state index contributed by atoms with van der Waals surface area (Å²) < 4.78 is 4.70. The van der Waals surface area contributed by atoms with Gasteiger partial charge in [-0.3, -0.25) is 0 Å². The molecule has 0 radical (unpaired) electrons. The number of hydrogen-bond acceptors (Lipinski definition) is 4. The van der Waals surface area contributed by atoms with E-state index in [0.717, 1.165) is 11.3 Å². The minimum Gasteiger partial charge on any atom is -0.464 e. The lowest BCUT2D eigenvalue weighted by Gasteiger charge is -2.16. The van der Waals surface area contributed by atoms with Crippen LogP contribution in [0.3, 0.4) is 0 Å². The summed E-state index contributed by atoms with van der Waals surface area (Å²) in [6.07, 6.45) is 0. The van der Waals surface area contributed by atoms with E-state index in [9.17, 15) is 4.79 Å². The van der Waals surface area contributed by atoms with E-state index < -0.39 is 5.97 Å². The number of ether oxygens (including phenoxy) is 1. The maximum atomic E-state index is 11.5. The number of carbonyl (C=O) groups is 1. The molecule has 0 aromatic carbocycles. The van der Waals surface area contributed by atoms with Crippen molar-refractivity contribution >= 4 is 11.7 Å². The SMILES string of the molecule is COC(=O)c1cc(C(C)C)c(N)c(C(C)C)n1. The van der Waals surface area contributed by atoms with E-state index in [-0.39, 0.29) is 11.8 Å². The molecule has 1 rings (SSSR count). The lowest BCUT2D eigenvalue weighted by atomic mass is 9.96. The molecule has 4 nitrogen and oxygen atoms in total. The molecule has 1 aromatic rings. The minimum absolute atomic E-state index is 0.178. The van der Waals surface area contributed by atoms with Crippen LogP contribution in [0.25, 0.3) is 0 Å². The third kappa shape index (κ3) is 2.75. The van der Waals surface area contributed by atoms with Gasteiger partial charge in [-0.1, -0.05) is 27.7 Å². The highest BCUT2D eigenvalue weighted by Gasteiger charge is 2.18. The number of esters is 1. The molecular formula is C13H20N2O2. The van der Waals surface area contributed by atoms with E-state index in [4.69, 9.17) is 10.5 Å². The molecule has 0 aliphatic rings. The van der Waals surface area contributed by atoms with Gasteiger partial charge in [-0.25, -0.2) is 9.78 Å². The Kier molecular flexibility index (Phi) is 4.10. The Morgan fingerprint density at radius 3 is 2.29 bits per heavy atom. The van der Waals surface area contributed by atoms with Crippen molar-refractivity contribution in [2.45, 2.75) is 39.5 Å². The first-order valence-electron chi connectivity index (χ1n) is 5.77. The van der Waals surface area contributed by atoms with Crippen LogP contribution >= 0.6 is 0 Å². The zero-order valence-electron chi connectivity index (χ0n) is 11.1. The number of nitrogen functional groups attached to an aromatic ring is 1. The Bertz CT molecular complexity index is 396. The molecule has 0 aliphatic heterocycles. The summed E-state index contributed by atoms with van der Waals surface area (Å²) in [5, 5.41) is 0. The minimum atomic E-state index is -0.422. The normalized spacial score (nSPS) is 11.0. The van der Waals surface area contributed by atoms with Crippen molar-refractivity contribution in [3.63, 3.8) is 0 Å². The number of nitrogens with zero attached hydrogens (tertiary/aromatic N) is 1. The molecule has 0 spiro atoms. The molecule has 1 aromatic heterocycles. The first-order valence-corrected chi connectivity index (χ1v) is 5.77. The van der Waals surface area contributed by atoms with Crippen molar-refractivity contribution in [1.82, 2.24) is 4.98 Å². The Morgan fingerprint density at radius 2 is 1.88 bits per heavy atom. The van der Waals surface area contributed by atoms with Crippen molar-refractivity contribution in [3.05, 3.63) is 23.0 Å². The molecule has 1 heterocycles. The summed E-state index contributed by atoms with van der Waals surface area (Å²) in [7, 11) is 1.35. The van der Waals surface area contributed by atoms with Crippen molar-refractivity contribution in [2.75, 3.05) is 12.8 Å². The maximum absolute atomic E-state index is 11.5. The van der Waals surface area contributed by atoms with E-state index >= 15 is 0 Å². The van der Waals surface area contributed by atoms with Gasteiger partial charge >= 0.3 is 5.97 Å². The first kappa shape index (κ1) is 13.5. The number of rotatable bonds is 3. The van der Waals surface area contributed by atoms with Gasteiger partial charge < -0.3 is 10.5 Å². The number of methoxy groups -OCH3 is 1. The molecule has 0 saturated heterocycles. The molecule has 17 heavy (non-hydrogen) atoms. The van der Waals surface area contributed by atoms with Crippen LogP contribution in [-0.4, -0.2) is 18.1 Å². The Hall–Kier alpha value is -1.58. The second-order valence-corrected chi connectivity index (χ2v) is 4.70. The van der Waals surface area contributed by atoms with Crippen LogP contribution in [0.4, 0.5) is 5.69 Å².